The number of rotatable bonds is 5. The molecule has 1 atom stereocenters. The number of carboxylic acid groups (broad SMARTS) is 1. The highest BCUT2D eigenvalue weighted by Crippen LogP contribution is 2.36. The number of methoxy groups -OCH3 is 1. The van der Waals surface area contributed by atoms with E-state index in [1.807, 2.05) is 36.5 Å². The topological polar surface area (TPSA) is 62.7 Å². The molecule has 1 aliphatic heterocycles. The van der Waals surface area contributed by atoms with Crippen LogP contribution >= 0.6 is 0 Å². The van der Waals surface area contributed by atoms with Gasteiger partial charge in [-0.1, -0.05) is 30.3 Å². The Morgan fingerprint density at radius 1 is 1.11 bits per heavy atom. The van der Waals surface area contributed by atoms with Crippen molar-refractivity contribution in [2.24, 2.45) is 5.92 Å². The third-order valence-corrected chi connectivity index (χ3v) is 5.65. The molecule has 1 N–H and O–H groups in total. The summed E-state index contributed by atoms with van der Waals surface area (Å²) < 4.78 is 5.32. The highest BCUT2D eigenvalue weighted by Gasteiger charge is 2.31. The van der Waals surface area contributed by atoms with Crippen LogP contribution in [0.25, 0.3) is 10.9 Å². The molecule has 0 bridgehead atoms. The van der Waals surface area contributed by atoms with Gasteiger partial charge in [0, 0.05) is 11.6 Å². The Labute approximate surface area is 164 Å². The average molecular weight is 376 g/mol. The summed E-state index contributed by atoms with van der Waals surface area (Å²) in [5, 5.41) is 10.5. The molecule has 144 valence electrons. The highest BCUT2D eigenvalue weighted by atomic mass is 16.5. The van der Waals surface area contributed by atoms with E-state index in [4.69, 9.17) is 4.74 Å². The summed E-state index contributed by atoms with van der Waals surface area (Å²) in [5.74, 6) is -0.108. The van der Waals surface area contributed by atoms with Crippen LogP contribution in [-0.2, 0) is 4.79 Å². The molecule has 2 aromatic carbocycles. The smallest absolute Gasteiger partial charge is 0.306 e. The quantitative estimate of drug-likeness (QED) is 0.725. The van der Waals surface area contributed by atoms with Crippen molar-refractivity contribution < 1.29 is 14.6 Å². The van der Waals surface area contributed by atoms with Crippen molar-refractivity contribution in [1.29, 1.82) is 0 Å². The lowest BCUT2D eigenvalue weighted by molar-refractivity contribution is -0.143. The normalized spacial score (nSPS) is 16.8. The molecule has 2 heterocycles. The monoisotopic (exact) mass is 376 g/mol. The molecular weight excluding hydrogens is 352 g/mol. The maximum Gasteiger partial charge on any atom is 0.306 e. The maximum atomic E-state index is 11.4. The summed E-state index contributed by atoms with van der Waals surface area (Å²) in [4.78, 5) is 18.3. The van der Waals surface area contributed by atoms with Crippen LogP contribution < -0.4 is 4.74 Å². The molecule has 5 heteroatoms. The number of carbonyl (C=O) groups is 1. The van der Waals surface area contributed by atoms with E-state index < -0.39 is 5.97 Å². The highest BCUT2D eigenvalue weighted by molar-refractivity contribution is 5.82. The van der Waals surface area contributed by atoms with E-state index in [1.165, 1.54) is 11.1 Å². The van der Waals surface area contributed by atoms with Crippen LogP contribution in [0.3, 0.4) is 0 Å². The predicted octanol–water partition coefficient (Wildman–Crippen LogP) is 4.13. The lowest BCUT2D eigenvalue weighted by Gasteiger charge is -2.37. The van der Waals surface area contributed by atoms with Gasteiger partial charge in [0.05, 0.1) is 24.6 Å². The van der Waals surface area contributed by atoms with Crippen LogP contribution in [0.15, 0.2) is 60.8 Å². The fraction of sp³-hybridized carbons (Fsp3) is 0.304. The summed E-state index contributed by atoms with van der Waals surface area (Å²) in [6.07, 6.45) is 3.20. The van der Waals surface area contributed by atoms with Crippen molar-refractivity contribution in [1.82, 2.24) is 9.88 Å². The maximum absolute atomic E-state index is 11.4. The van der Waals surface area contributed by atoms with Gasteiger partial charge < -0.3 is 9.84 Å². The first-order chi connectivity index (χ1) is 13.7. The van der Waals surface area contributed by atoms with Crippen molar-refractivity contribution in [3.63, 3.8) is 0 Å². The molecule has 1 aromatic heterocycles. The number of carboxylic acids is 1. The van der Waals surface area contributed by atoms with Crippen molar-refractivity contribution >= 4 is 16.9 Å². The Bertz CT molecular complexity index is 958. The third kappa shape index (κ3) is 3.58. The number of likely N-dealkylation sites (tertiary alicyclic amines) is 1. The van der Waals surface area contributed by atoms with E-state index in [-0.39, 0.29) is 12.0 Å². The minimum Gasteiger partial charge on any atom is -0.497 e. The van der Waals surface area contributed by atoms with Crippen LogP contribution in [0.4, 0.5) is 0 Å². The van der Waals surface area contributed by atoms with E-state index in [2.05, 4.69) is 34.1 Å². The van der Waals surface area contributed by atoms with Gasteiger partial charge in [0.1, 0.15) is 5.75 Å². The number of pyridine rings is 1. The number of ether oxygens (including phenoxy) is 1. The summed E-state index contributed by atoms with van der Waals surface area (Å²) >= 11 is 0. The van der Waals surface area contributed by atoms with Crippen molar-refractivity contribution in [3.8, 4) is 5.75 Å². The largest absolute Gasteiger partial charge is 0.497 e. The summed E-state index contributed by atoms with van der Waals surface area (Å²) in [7, 11) is 1.67. The molecule has 0 aliphatic carbocycles. The Kier molecular flexibility index (Phi) is 5.26. The van der Waals surface area contributed by atoms with Crippen molar-refractivity contribution in [3.05, 3.63) is 71.9 Å². The molecule has 4 rings (SSSR count). The van der Waals surface area contributed by atoms with Gasteiger partial charge in [0.15, 0.2) is 0 Å². The first kappa shape index (κ1) is 18.4. The van der Waals surface area contributed by atoms with E-state index >= 15 is 0 Å². The van der Waals surface area contributed by atoms with Crippen molar-refractivity contribution in [2.75, 3.05) is 20.2 Å². The molecule has 1 fully saturated rings. The molecule has 1 unspecified atom stereocenters. The number of aromatic nitrogens is 1. The molecular formula is C23H24N2O3. The number of hydrogen-bond donors (Lipinski definition) is 1. The van der Waals surface area contributed by atoms with Crippen LogP contribution in [0.1, 0.15) is 30.0 Å². The van der Waals surface area contributed by atoms with E-state index in [9.17, 15) is 9.90 Å². The molecule has 0 amide bonds. The van der Waals surface area contributed by atoms with Gasteiger partial charge in [-0.2, -0.15) is 0 Å². The lowest BCUT2D eigenvalue weighted by Crippen LogP contribution is -2.39. The number of aliphatic carboxylic acids is 1. The number of piperidine rings is 1. The second-order valence-electron chi connectivity index (χ2n) is 7.24. The minimum atomic E-state index is -0.685. The van der Waals surface area contributed by atoms with Gasteiger partial charge in [-0.25, -0.2) is 0 Å². The van der Waals surface area contributed by atoms with Gasteiger partial charge in [0.2, 0.25) is 0 Å². The minimum absolute atomic E-state index is 0.0496. The van der Waals surface area contributed by atoms with Crippen molar-refractivity contribution in [2.45, 2.75) is 18.9 Å². The third-order valence-electron chi connectivity index (χ3n) is 5.65. The Morgan fingerprint density at radius 3 is 2.50 bits per heavy atom. The first-order valence-electron chi connectivity index (χ1n) is 9.62. The number of nitrogens with zero attached hydrogens (tertiary/aromatic N) is 2. The lowest BCUT2D eigenvalue weighted by atomic mass is 9.90. The Morgan fingerprint density at radius 2 is 1.82 bits per heavy atom. The van der Waals surface area contributed by atoms with Crippen LogP contribution in [0, 0.1) is 5.92 Å². The number of benzene rings is 2. The Hall–Kier alpha value is -2.92. The molecule has 0 radical (unpaired) electrons. The van der Waals surface area contributed by atoms with E-state index in [1.54, 1.807) is 7.11 Å². The van der Waals surface area contributed by atoms with E-state index in [0.29, 0.717) is 12.8 Å². The molecule has 5 nitrogen and oxygen atoms in total. The predicted molar refractivity (Wildman–Crippen MR) is 109 cm³/mol. The van der Waals surface area contributed by atoms with Gasteiger partial charge >= 0.3 is 5.97 Å². The molecule has 28 heavy (non-hydrogen) atoms. The fourth-order valence-corrected chi connectivity index (χ4v) is 4.13. The van der Waals surface area contributed by atoms with Gasteiger partial charge in [0.25, 0.3) is 0 Å². The molecule has 1 aliphatic rings. The second kappa shape index (κ2) is 7.98. The van der Waals surface area contributed by atoms with Crippen LogP contribution in [-0.4, -0.2) is 41.2 Å². The van der Waals surface area contributed by atoms with Gasteiger partial charge in [-0.15, -0.1) is 0 Å². The van der Waals surface area contributed by atoms with Crippen LogP contribution in [0.5, 0.6) is 5.75 Å². The molecule has 1 saturated heterocycles. The molecule has 0 spiro atoms. The summed E-state index contributed by atoms with van der Waals surface area (Å²) in [6, 6.07) is 18.5. The summed E-state index contributed by atoms with van der Waals surface area (Å²) in [6.45, 7) is 1.51. The fourth-order valence-electron chi connectivity index (χ4n) is 4.13. The first-order valence-corrected chi connectivity index (χ1v) is 9.62. The summed E-state index contributed by atoms with van der Waals surface area (Å²) in [5.41, 5.74) is 3.34. The molecule has 3 aromatic rings. The number of fused-ring (bicyclic) bond motifs is 1. The van der Waals surface area contributed by atoms with Gasteiger partial charge in [-0.3, -0.25) is 14.7 Å². The van der Waals surface area contributed by atoms with E-state index in [0.717, 1.165) is 29.7 Å². The zero-order valence-corrected chi connectivity index (χ0v) is 15.9. The molecule has 0 saturated carbocycles. The number of hydrogen-bond acceptors (Lipinski definition) is 4. The SMILES string of the molecule is COc1ccc(C(c2ccnc3ccccc23)N2CCC(C(=O)O)CC2)cc1. The van der Waals surface area contributed by atoms with Gasteiger partial charge in [-0.05, 0) is 61.3 Å². The van der Waals surface area contributed by atoms with Crippen LogP contribution in [0.2, 0.25) is 0 Å². The number of para-hydroxylation sites is 1. The zero-order chi connectivity index (χ0) is 19.5. The average Bonchev–Trinajstić information content (AvgIpc) is 2.75. The second-order valence-corrected chi connectivity index (χ2v) is 7.24. The Balaban J connectivity index is 1.76. The standard InChI is InChI=1S/C23H24N2O3/c1-28-18-8-6-16(7-9-18)22(25-14-11-17(12-15-25)23(26)27)20-10-13-24-21-5-3-2-4-19(20)21/h2-10,13,17,22H,11-12,14-15H2,1H3,(H,26,27). The zero-order valence-electron chi connectivity index (χ0n) is 15.9.